The quantitative estimate of drug-likeness (QED) is 0.791. The number of allylic oxidation sites excluding steroid dienone is 4. The Balaban J connectivity index is 2.63. The lowest BCUT2D eigenvalue weighted by atomic mass is 9.85. The molecule has 2 N–H and O–H groups in total. The molecule has 3 nitrogen and oxygen atoms in total. The van der Waals surface area contributed by atoms with Crippen LogP contribution in [0, 0.1) is 0 Å². The van der Waals surface area contributed by atoms with Crippen molar-refractivity contribution in [2.45, 2.75) is 32.3 Å². The third kappa shape index (κ3) is 3.17. The Morgan fingerprint density at radius 3 is 2.48 bits per heavy atom. The van der Waals surface area contributed by atoms with Gasteiger partial charge in [0.25, 0.3) is 7.52 Å². The maximum Gasteiger partial charge on any atom is 0.281 e. The SMILES string of the molecule is CCOP(N)(=O)C1(c2ccc(Cl)cc2)C=C(C)C=C(C)C1. The highest BCUT2D eigenvalue weighted by Crippen LogP contribution is 2.63. The molecule has 0 saturated carbocycles. The van der Waals surface area contributed by atoms with E-state index in [1.807, 2.05) is 32.1 Å². The molecule has 1 aliphatic rings. The summed E-state index contributed by atoms with van der Waals surface area (Å²) >= 11 is 5.97. The molecule has 0 saturated heterocycles. The minimum Gasteiger partial charge on any atom is -0.317 e. The molecular formula is C16H21ClNO2P. The van der Waals surface area contributed by atoms with Crippen molar-refractivity contribution in [2.24, 2.45) is 5.50 Å². The summed E-state index contributed by atoms with van der Waals surface area (Å²) in [6.45, 7) is 6.13. The first-order chi connectivity index (χ1) is 9.80. The van der Waals surface area contributed by atoms with Gasteiger partial charge in [0.15, 0.2) is 0 Å². The molecule has 0 aliphatic heterocycles. The third-order valence-electron chi connectivity index (χ3n) is 3.71. The summed E-state index contributed by atoms with van der Waals surface area (Å²) in [5.41, 5.74) is 9.21. The second-order valence-electron chi connectivity index (χ2n) is 5.50. The number of nitrogens with two attached hydrogens (primary N) is 1. The molecule has 0 aromatic heterocycles. The van der Waals surface area contributed by atoms with Gasteiger partial charge in [0.1, 0.15) is 5.16 Å². The van der Waals surface area contributed by atoms with E-state index < -0.39 is 12.7 Å². The molecule has 0 bridgehead atoms. The van der Waals surface area contributed by atoms with Crippen LogP contribution in [0.5, 0.6) is 0 Å². The summed E-state index contributed by atoms with van der Waals surface area (Å²) in [7, 11) is -3.37. The largest absolute Gasteiger partial charge is 0.317 e. The molecule has 0 radical (unpaired) electrons. The maximum atomic E-state index is 13.1. The molecule has 5 heteroatoms. The summed E-state index contributed by atoms with van der Waals surface area (Å²) < 4.78 is 18.6. The molecule has 0 fully saturated rings. The summed E-state index contributed by atoms with van der Waals surface area (Å²) in [6, 6.07) is 7.34. The molecular weight excluding hydrogens is 305 g/mol. The van der Waals surface area contributed by atoms with Crippen LogP contribution >= 0.6 is 19.1 Å². The minimum absolute atomic E-state index is 0.318. The summed E-state index contributed by atoms with van der Waals surface area (Å²) in [5, 5.41) is -0.183. The molecule has 114 valence electrons. The Kier molecular flexibility index (Phi) is 4.79. The molecule has 2 rings (SSSR count). The smallest absolute Gasteiger partial charge is 0.281 e. The van der Waals surface area contributed by atoms with Gasteiger partial charge in [0.2, 0.25) is 0 Å². The van der Waals surface area contributed by atoms with Crippen molar-refractivity contribution in [3.8, 4) is 0 Å². The average molecular weight is 326 g/mol. The van der Waals surface area contributed by atoms with Crippen LogP contribution in [-0.2, 0) is 14.2 Å². The van der Waals surface area contributed by atoms with Gasteiger partial charge in [-0.3, -0.25) is 10.1 Å². The van der Waals surface area contributed by atoms with Crippen molar-refractivity contribution in [3.63, 3.8) is 0 Å². The second-order valence-corrected chi connectivity index (χ2v) is 8.19. The van der Waals surface area contributed by atoms with E-state index in [0.29, 0.717) is 18.1 Å². The van der Waals surface area contributed by atoms with E-state index in [-0.39, 0.29) is 0 Å². The van der Waals surface area contributed by atoms with Crippen LogP contribution in [0.1, 0.15) is 32.8 Å². The van der Waals surface area contributed by atoms with E-state index >= 15 is 0 Å². The van der Waals surface area contributed by atoms with E-state index in [2.05, 4.69) is 6.08 Å². The van der Waals surface area contributed by atoms with Crippen molar-refractivity contribution >= 4 is 19.1 Å². The first-order valence-electron chi connectivity index (χ1n) is 6.96. The first-order valence-corrected chi connectivity index (χ1v) is 9.04. The second kappa shape index (κ2) is 6.10. The monoisotopic (exact) mass is 325 g/mol. The van der Waals surface area contributed by atoms with Gasteiger partial charge in [-0.15, -0.1) is 0 Å². The Bertz CT molecular complexity index is 636. The van der Waals surface area contributed by atoms with Gasteiger partial charge >= 0.3 is 0 Å². The topological polar surface area (TPSA) is 52.3 Å². The Morgan fingerprint density at radius 1 is 1.33 bits per heavy atom. The fraction of sp³-hybridized carbons (Fsp3) is 0.375. The van der Waals surface area contributed by atoms with Crippen LogP contribution in [0.3, 0.4) is 0 Å². The van der Waals surface area contributed by atoms with Gasteiger partial charge in [-0.05, 0) is 44.9 Å². The van der Waals surface area contributed by atoms with E-state index in [4.69, 9.17) is 21.6 Å². The Labute approximate surface area is 131 Å². The van der Waals surface area contributed by atoms with E-state index in [1.54, 1.807) is 19.1 Å². The predicted octanol–water partition coefficient (Wildman–Crippen LogP) is 5.02. The molecule has 1 aliphatic carbocycles. The van der Waals surface area contributed by atoms with E-state index in [1.165, 1.54) is 0 Å². The minimum atomic E-state index is -3.37. The van der Waals surface area contributed by atoms with E-state index in [9.17, 15) is 4.57 Å². The van der Waals surface area contributed by atoms with Gasteiger partial charge in [-0.1, -0.05) is 47.0 Å². The van der Waals surface area contributed by atoms with Crippen LogP contribution in [0.2, 0.25) is 5.02 Å². The predicted molar refractivity (Wildman–Crippen MR) is 88.7 cm³/mol. The molecule has 2 unspecified atom stereocenters. The van der Waals surface area contributed by atoms with Gasteiger partial charge in [-0.25, -0.2) is 0 Å². The summed E-state index contributed by atoms with van der Waals surface area (Å²) in [4.78, 5) is 0. The molecule has 1 aromatic rings. The molecule has 0 heterocycles. The highest BCUT2D eigenvalue weighted by molar-refractivity contribution is 7.58. The fourth-order valence-electron chi connectivity index (χ4n) is 2.95. The van der Waals surface area contributed by atoms with Crippen LogP contribution in [-0.4, -0.2) is 6.61 Å². The van der Waals surface area contributed by atoms with Crippen LogP contribution < -0.4 is 5.50 Å². The van der Waals surface area contributed by atoms with Crippen molar-refractivity contribution in [3.05, 3.63) is 58.1 Å². The van der Waals surface area contributed by atoms with E-state index in [0.717, 1.165) is 16.7 Å². The van der Waals surface area contributed by atoms with Gasteiger partial charge in [0, 0.05) is 5.02 Å². The Morgan fingerprint density at radius 2 is 1.95 bits per heavy atom. The van der Waals surface area contributed by atoms with Crippen molar-refractivity contribution in [2.75, 3.05) is 6.61 Å². The first kappa shape index (κ1) is 16.5. The number of rotatable bonds is 4. The number of hydrogen-bond donors (Lipinski definition) is 1. The maximum absolute atomic E-state index is 13.1. The summed E-state index contributed by atoms with van der Waals surface area (Å²) in [5.74, 6) is 0. The average Bonchev–Trinajstić information content (AvgIpc) is 2.37. The number of hydrogen-bond acceptors (Lipinski definition) is 2. The van der Waals surface area contributed by atoms with Crippen molar-refractivity contribution in [1.82, 2.24) is 0 Å². The van der Waals surface area contributed by atoms with Crippen LogP contribution in [0.4, 0.5) is 0 Å². The van der Waals surface area contributed by atoms with Gasteiger partial charge in [-0.2, -0.15) is 0 Å². The van der Waals surface area contributed by atoms with Gasteiger partial charge in [0.05, 0.1) is 6.61 Å². The number of benzene rings is 1. The van der Waals surface area contributed by atoms with Crippen molar-refractivity contribution < 1.29 is 9.09 Å². The zero-order valence-electron chi connectivity index (χ0n) is 12.6. The van der Waals surface area contributed by atoms with Crippen LogP contribution in [0.25, 0.3) is 0 Å². The molecule has 0 spiro atoms. The summed E-state index contributed by atoms with van der Waals surface area (Å²) in [6.07, 6.45) is 4.64. The molecule has 21 heavy (non-hydrogen) atoms. The Hall–Kier alpha value is -0.860. The standard InChI is InChI=1S/C16H21ClNO2P/c1-4-20-21(18,19)16(10-12(2)9-13(3)11-16)14-5-7-15(17)8-6-14/h5-10H,4,11H2,1-3H3,(H2,18,19). The lowest BCUT2D eigenvalue weighted by Crippen LogP contribution is -2.31. The fourth-order valence-corrected chi connectivity index (χ4v) is 5.05. The van der Waals surface area contributed by atoms with Crippen molar-refractivity contribution in [1.29, 1.82) is 0 Å². The van der Waals surface area contributed by atoms with Crippen LogP contribution in [0.15, 0.2) is 47.6 Å². The highest BCUT2D eigenvalue weighted by Gasteiger charge is 2.47. The molecule has 1 aromatic carbocycles. The highest BCUT2D eigenvalue weighted by atomic mass is 35.5. The molecule has 2 atom stereocenters. The lowest BCUT2D eigenvalue weighted by Gasteiger charge is -2.38. The molecule has 0 amide bonds. The zero-order valence-corrected chi connectivity index (χ0v) is 14.2. The normalized spacial score (nSPS) is 25.0. The third-order valence-corrected chi connectivity index (χ3v) is 6.26. The number of halogens is 1. The lowest BCUT2D eigenvalue weighted by molar-refractivity contribution is 0.315. The zero-order chi connectivity index (χ0) is 15.7. The van der Waals surface area contributed by atoms with Gasteiger partial charge < -0.3 is 4.52 Å².